The Morgan fingerprint density at radius 1 is 1.00 bits per heavy atom. The fourth-order valence-electron chi connectivity index (χ4n) is 2.53. The molecule has 2 amide bonds. The Bertz CT molecular complexity index is 572. The average molecular weight is 348 g/mol. The average Bonchev–Trinajstić information content (AvgIpc) is 2.55. The molecule has 0 aliphatic carbocycles. The lowest BCUT2D eigenvalue weighted by Gasteiger charge is -2.26. The number of hydrogen-bond donors (Lipinski definition) is 1. The van der Waals surface area contributed by atoms with Crippen molar-refractivity contribution in [1.82, 2.24) is 9.80 Å². The fourth-order valence-corrected chi connectivity index (χ4v) is 2.53. The van der Waals surface area contributed by atoms with Crippen molar-refractivity contribution >= 4 is 17.8 Å². The van der Waals surface area contributed by atoms with E-state index in [2.05, 4.69) is 0 Å². The van der Waals surface area contributed by atoms with Crippen molar-refractivity contribution in [2.24, 2.45) is 5.92 Å². The Kier molecular flexibility index (Phi) is 8.67. The molecule has 1 N–H and O–H groups in total. The van der Waals surface area contributed by atoms with E-state index in [4.69, 9.17) is 5.11 Å². The SMILES string of the molecule is CC(=O)N(CCC(=O)N(CCC(=O)O)CC(C)C)Cc1ccccc1. The molecule has 138 valence electrons. The zero-order valence-corrected chi connectivity index (χ0v) is 15.3. The van der Waals surface area contributed by atoms with Gasteiger partial charge in [0.15, 0.2) is 0 Å². The van der Waals surface area contributed by atoms with Gasteiger partial charge in [-0.1, -0.05) is 44.2 Å². The molecule has 0 unspecified atom stereocenters. The lowest BCUT2D eigenvalue weighted by molar-refractivity contribution is -0.138. The van der Waals surface area contributed by atoms with Crippen LogP contribution in [0.3, 0.4) is 0 Å². The van der Waals surface area contributed by atoms with E-state index in [1.54, 1.807) is 9.80 Å². The minimum Gasteiger partial charge on any atom is -0.481 e. The highest BCUT2D eigenvalue weighted by Crippen LogP contribution is 2.08. The molecule has 25 heavy (non-hydrogen) atoms. The summed E-state index contributed by atoms with van der Waals surface area (Å²) in [7, 11) is 0. The second-order valence-corrected chi connectivity index (χ2v) is 6.55. The lowest BCUT2D eigenvalue weighted by Crippen LogP contribution is -2.39. The first-order valence-corrected chi connectivity index (χ1v) is 8.58. The zero-order chi connectivity index (χ0) is 18.8. The quantitative estimate of drug-likeness (QED) is 0.704. The number of carbonyl (C=O) groups excluding carboxylic acids is 2. The van der Waals surface area contributed by atoms with E-state index in [9.17, 15) is 14.4 Å². The zero-order valence-electron chi connectivity index (χ0n) is 15.3. The molecule has 0 bridgehead atoms. The summed E-state index contributed by atoms with van der Waals surface area (Å²) < 4.78 is 0. The Balaban J connectivity index is 2.63. The monoisotopic (exact) mass is 348 g/mol. The van der Waals surface area contributed by atoms with E-state index >= 15 is 0 Å². The first-order valence-electron chi connectivity index (χ1n) is 8.58. The van der Waals surface area contributed by atoms with Gasteiger partial charge in [0.2, 0.25) is 11.8 Å². The van der Waals surface area contributed by atoms with Gasteiger partial charge in [0, 0.05) is 39.5 Å². The normalized spacial score (nSPS) is 10.6. The summed E-state index contributed by atoms with van der Waals surface area (Å²) in [6.07, 6.45) is 0.123. The number of hydrogen-bond acceptors (Lipinski definition) is 3. The Morgan fingerprint density at radius 2 is 1.60 bits per heavy atom. The predicted octanol–water partition coefficient (Wildman–Crippen LogP) is 2.38. The van der Waals surface area contributed by atoms with Crippen molar-refractivity contribution in [2.75, 3.05) is 19.6 Å². The maximum absolute atomic E-state index is 12.5. The smallest absolute Gasteiger partial charge is 0.305 e. The van der Waals surface area contributed by atoms with Crippen molar-refractivity contribution in [1.29, 1.82) is 0 Å². The fraction of sp³-hybridized carbons (Fsp3) is 0.526. The van der Waals surface area contributed by atoms with Gasteiger partial charge in [0.1, 0.15) is 0 Å². The van der Waals surface area contributed by atoms with Gasteiger partial charge in [-0.3, -0.25) is 14.4 Å². The van der Waals surface area contributed by atoms with Crippen LogP contribution in [0.25, 0.3) is 0 Å². The molecule has 1 aromatic carbocycles. The summed E-state index contributed by atoms with van der Waals surface area (Å²) in [5.41, 5.74) is 1.01. The van der Waals surface area contributed by atoms with Gasteiger partial charge < -0.3 is 14.9 Å². The Morgan fingerprint density at radius 3 is 2.12 bits per heavy atom. The van der Waals surface area contributed by atoms with E-state index in [0.717, 1.165) is 5.56 Å². The molecule has 0 heterocycles. The molecular weight excluding hydrogens is 320 g/mol. The number of nitrogens with zero attached hydrogens (tertiary/aromatic N) is 2. The number of aliphatic carboxylic acids is 1. The van der Waals surface area contributed by atoms with Crippen LogP contribution in [-0.4, -0.2) is 52.3 Å². The van der Waals surface area contributed by atoms with Crippen LogP contribution in [0.4, 0.5) is 0 Å². The summed E-state index contributed by atoms with van der Waals surface area (Å²) >= 11 is 0. The molecule has 0 radical (unpaired) electrons. The van der Waals surface area contributed by atoms with E-state index in [1.165, 1.54) is 6.92 Å². The van der Waals surface area contributed by atoms with E-state index in [0.29, 0.717) is 19.6 Å². The number of rotatable bonds is 10. The highest BCUT2D eigenvalue weighted by atomic mass is 16.4. The highest BCUT2D eigenvalue weighted by molar-refractivity contribution is 5.78. The van der Waals surface area contributed by atoms with Gasteiger partial charge in [0.05, 0.1) is 6.42 Å². The molecular formula is C19H28N2O4. The summed E-state index contributed by atoms with van der Waals surface area (Å²) in [6, 6.07) is 9.62. The molecule has 0 saturated carbocycles. The topological polar surface area (TPSA) is 77.9 Å². The van der Waals surface area contributed by atoms with Gasteiger partial charge in [0.25, 0.3) is 0 Å². The van der Waals surface area contributed by atoms with Crippen molar-refractivity contribution in [2.45, 2.75) is 40.2 Å². The maximum Gasteiger partial charge on any atom is 0.305 e. The molecule has 0 atom stereocenters. The van der Waals surface area contributed by atoms with E-state index in [-0.39, 0.29) is 37.1 Å². The minimum absolute atomic E-state index is 0.0705. The molecule has 0 spiro atoms. The van der Waals surface area contributed by atoms with Crippen LogP contribution in [0.15, 0.2) is 30.3 Å². The number of carboxylic acids is 1. The van der Waals surface area contributed by atoms with Crippen LogP contribution < -0.4 is 0 Å². The standard InChI is InChI=1S/C19H28N2O4/c1-15(2)13-21(12-10-19(24)25)18(23)9-11-20(16(3)22)14-17-7-5-4-6-8-17/h4-8,15H,9-14H2,1-3H3,(H,24,25). The molecule has 0 aliphatic heterocycles. The van der Waals surface area contributed by atoms with Gasteiger partial charge >= 0.3 is 5.97 Å². The Hall–Kier alpha value is -2.37. The van der Waals surface area contributed by atoms with Crippen molar-refractivity contribution in [3.63, 3.8) is 0 Å². The summed E-state index contributed by atoms with van der Waals surface area (Å²) in [5.74, 6) is -0.867. The third-order valence-electron chi connectivity index (χ3n) is 3.79. The van der Waals surface area contributed by atoms with Gasteiger partial charge in [-0.25, -0.2) is 0 Å². The van der Waals surface area contributed by atoms with Gasteiger partial charge in [-0.15, -0.1) is 0 Å². The molecule has 1 aromatic rings. The maximum atomic E-state index is 12.5. The molecule has 1 rings (SSSR count). The largest absolute Gasteiger partial charge is 0.481 e. The molecule has 0 aromatic heterocycles. The molecule has 0 fully saturated rings. The molecule has 6 nitrogen and oxygen atoms in total. The molecule has 6 heteroatoms. The lowest BCUT2D eigenvalue weighted by atomic mass is 10.1. The second-order valence-electron chi connectivity index (χ2n) is 6.55. The van der Waals surface area contributed by atoms with Gasteiger partial charge in [-0.05, 0) is 11.5 Å². The van der Waals surface area contributed by atoms with Crippen LogP contribution in [0.5, 0.6) is 0 Å². The van der Waals surface area contributed by atoms with Crippen LogP contribution >= 0.6 is 0 Å². The number of benzene rings is 1. The first kappa shape index (κ1) is 20.7. The summed E-state index contributed by atoms with van der Waals surface area (Å²) in [5, 5.41) is 8.84. The first-order chi connectivity index (χ1) is 11.8. The van der Waals surface area contributed by atoms with Gasteiger partial charge in [-0.2, -0.15) is 0 Å². The second kappa shape index (κ2) is 10.5. The van der Waals surface area contributed by atoms with Crippen molar-refractivity contribution in [3.05, 3.63) is 35.9 Å². The van der Waals surface area contributed by atoms with Crippen molar-refractivity contribution in [3.8, 4) is 0 Å². The Labute approximate surface area is 149 Å². The number of carbonyl (C=O) groups is 3. The van der Waals surface area contributed by atoms with Crippen molar-refractivity contribution < 1.29 is 19.5 Å². The van der Waals surface area contributed by atoms with Crippen LogP contribution in [0.2, 0.25) is 0 Å². The molecule has 0 aliphatic rings. The predicted molar refractivity (Wildman–Crippen MR) is 95.8 cm³/mol. The van der Waals surface area contributed by atoms with Crippen LogP contribution in [0.1, 0.15) is 39.2 Å². The third-order valence-corrected chi connectivity index (χ3v) is 3.79. The number of amides is 2. The van der Waals surface area contributed by atoms with Crippen LogP contribution in [0, 0.1) is 5.92 Å². The van der Waals surface area contributed by atoms with E-state index in [1.807, 2.05) is 44.2 Å². The minimum atomic E-state index is -0.920. The van der Waals surface area contributed by atoms with Crippen LogP contribution in [-0.2, 0) is 20.9 Å². The highest BCUT2D eigenvalue weighted by Gasteiger charge is 2.18. The summed E-state index contributed by atoms with van der Waals surface area (Å²) in [4.78, 5) is 38.3. The summed E-state index contributed by atoms with van der Waals surface area (Å²) in [6.45, 7) is 6.96. The number of carboxylic acid groups (broad SMARTS) is 1. The third kappa shape index (κ3) is 8.33. The van der Waals surface area contributed by atoms with E-state index < -0.39 is 5.97 Å². The molecule has 0 saturated heterocycles.